The summed E-state index contributed by atoms with van der Waals surface area (Å²) in [5.41, 5.74) is 1.00. The number of carbonyl (C=O) groups excluding carboxylic acids is 1. The van der Waals surface area contributed by atoms with E-state index in [-0.39, 0.29) is 17.4 Å². The van der Waals surface area contributed by atoms with Crippen molar-refractivity contribution in [3.05, 3.63) is 60.2 Å². The number of benzene rings is 2. The average Bonchev–Trinajstić information content (AvgIpc) is 2.59. The fourth-order valence-corrected chi connectivity index (χ4v) is 2.82. The van der Waals surface area contributed by atoms with Gasteiger partial charge in [0.25, 0.3) is 5.91 Å². The van der Waals surface area contributed by atoms with Gasteiger partial charge in [0.15, 0.2) is 6.61 Å². The predicted molar refractivity (Wildman–Crippen MR) is 91.1 cm³/mol. The molecule has 2 aromatic rings. The average molecular weight is 348 g/mol. The lowest BCUT2D eigenvalue weighted by Crippen LogP contribution is -2.28. The summed E-state index contributed by atoms with van der Waals surface area (Å²) in [6.07, 6.45) is 0. The quantitative estimate of drug-likeness (QED) is 0.825. The Kier molecular flexibility index (Phi) is 5.94. The second-order valence-electron chi connectivity index (χ2n) is 5.31. The van der Waals surface area contributed by atoms with Gasteiger partial charge in [-0.1, -0.05) is 30.3 Å². The predicted octanol–water partition coefficient (Wildman–Crippen LogP) is 1.63. The highest BCUT2D eigenvalue weighted by Gasteiger charge is 2.16. The van der Waals surface area contributed by atoms with Crippen LogP contribution in [0.25, 0.3) is 0 Å². The number of rotatable bonds is 7. The summed E-state index contributed by atoms with van der Waals surface area (Å²) in [5, 5.41) is 2.75. The minimum atomic E-state index is -3.47. The third-order valence-corrected chi connectivity index (χ3v) is 5.13. The van der Waals surface area contributed by atoms with Gasteiger partial charge in [-0.3, -0.25) is 4.79 Å². The van der Waals surface area contributed by atoms with Crippen LogP contribution in [0.3, 0.4) is 0 Å². The number of carbonyl (C=O) groups is 1. The van der Waals surface area contributed by atoms with Gasteiger partial charge in [0, 0.05) is 20.6 Å². The van der Waals surface area contributed by atoms with E-state index in [4.69, 9.17) is 4.74 Å². The molecule has 0 aliphatic carbocycles. The lowest BCUT2D eigenvalue weighted by molar-refractivity contribution is -0.123. The van der Waals surface area contributed by atoms with Crippen LogP contribution < -0.4 is 10.1 Å². The van der Waals surface area contributed by atoms with Crippen molar-refractivity contribution in [3.8, 4) is 5.75 Å². The molecule has 2 aromatic carbocycles. The summed E-state index contributed by atoms with van der Waals surface area (Å²) in [4.78, 5) is 11.9. The Bertz CT molecular complexity index is 772. The Morgan fingerprint density at radius 2 is 1.67 bits per heavy atom. The first-order valence-electron chi connectivity index (χ1n) is 7.35. The molecular formula is C17H20N2O4S. The van der Waals surface area contributed by atoms with Crippen molar-refractivity contribution in [2.24, 2.45) is 0 Å². The van der Waals surface area contributed by atoms with Crippen LogP contribution in [0.5, 0.6) is 5.75 Å². The minimum absolute atomic E-state index is 0.132. The molecule has 0 aliphatic heterocycles. The Morgan fingerprint density at radius 3 is 2.25 bits per heavy atom. The lowest BCUT2D eigenvalue weighted by atomic mass is 10.2. The topological polar surface area (TPSA) is 75.7 Å². The molecule has 7 heteroatoms. The third kappa shape index (κ3) is 4.81. The maximum absolute atomic E-state index is 12.0. The van der Waals surface area contributed by atoms with Crippen molar-refractivity contribution in [2.45, 2.75) is 11.4 Å². The van der Waals surface area contributed by atoms with Crippen LogP contribution in [0.15, 0.2) is 59.5 Å². The smallest absolute Gasteiger partial charge is 0.258 e. The van der Waals surface area contributed by atoms with E-state index in [0.29, 0.717) is 12.3 Å². The van der Waals surface area contributed by atoms with Crippen LogP contribution in [0.2, 0.25) is 0 Å². The van der Waals surface area contributed by atoms with Crippen molar-refractivity contribution >= 4 is 15.9 Å². The van der Waals surface area contributed by atoms with Crippen LogP contribution in [-0.2, 0) is 21.4 Å². The molecule has 0 bridgehead atoms. The summed E-state index contributed by atoms with van der Waals surface area (Å²) >= 11 is 0. The zero-order chi connectivity index (χ0) is 17.6. The normalized spacial score (nSPS) is 11.3. The summed E-state index contributed by atoms with van der Waals surface area (Å²) in [6, 6.07) is 15.5. The molecule has 0 heterocycles. The van der Waals surface area contributed by atoms with Crippen molar-refractivity contribution < 1.29 is 17.9 Å². The van der Waals surface area contributed by atoms with Crippen molar-refractivity contribution in [3.63, 3.8) is 0 Å². The fourth-order valence-electron chi connectivity index (χ4n) is 1.92. The van der Waals surface area contributed by atoms with E-state index in [1.54, 1.807) is 0 Å². The van der Waals surface area contributed by atoms with Gasteiger partial charge in [-0.15, -0.1) is 0 Å². The zero-order valence-electron chi connectivity index (χ0n) is 13.6. The van der Waals surface area contributed by atoms with Crippen LogP contribution in [-0.4, -0.2) is 39.3 Å². The minimum Gasteiger partial charge on any atom is -0.484 e. The van der Waals surface area contributed by atoms with E-state index in [2.05, 4.69) is 5.32 Å². The fraction of sp³-hybridized carbons (Fsp3) is 0.235. The van der Waals surface area contributed by atoms with Gasteiger partial charge in [0.1, 0.15) is 5.75 Å². The molecular weight excluding hydrogens is 328 g/mol. The second kappa shape index (κ2) is 7.94. The largest absolute Gasteiger partial charge is 0.484 e. The SMILES string of the molecule is CN(C)S(=O)(=O)c1ccc(OCC(=O)NCc2ccccc2)cc1. The molecule has 0 atom stereocenters. The van der Waals surface area contributed by atoms with E-state index in [1.165, 1.54) is 38.4 Å². The summed E-state index contributed by atoms with van der Waals surface area (Å²) in [7, 11) is -0.528. The van der Waals surface area contributed by atoms with Gasteiger partial charge in [0.05, 0.1) is 4.90 Å². The number of hydrogen-bond donors (Lipinski definition) is 1. The third-order valence-electron chi connectivity index (χ3n) is 3.30. The summed E-state index contributed by atoms with van der Waals surface area (Å²) < 4.78 is 30.4. The van der Waals surface area contributed by atoms with Crippen molar-refractivity contribution in [2.75, 3.05) is 20.7 Å². The molecule has 0 aliphatic rings. The summed E-state index contributed by atoms with van der Waals surface area (Å²) in [5.74, 6) is 0.186. The molecule has 0 aromatic heterocycles. The Balaban J connectivity index is 1.85. The second-order valence-corrected chi connectivity index (χ2v) is 7.46. The summed E-state index contributed by atoms with van der Waals surface area (Å²) in [6.45, 7) is 0.301. The van der Waals surface area contributed by atoms with Crippen LogP contribution in [0.1, 0.15) is 5.56 Å². The number of nitrogens with one attached hydrogen (secondary N) is 1. The molecule has 6 nitrogen and oxygen atoms in total. The van der Waals surface area contributed by atoms with Gasteiger partial charge in [-0.05, 0) is 29.8 Å². The molecule has 0 saturated carbocycles. The van der Waals surface area contributed by atoms with Crippen molar-refractivity contribution in [1.29, 1.82) is 0 Å². The molecule has 2 rings (SSSR count). The molecule has 1 amide bonds. The molecule has 0 fully saturated rings. The van der Waals surface area contributed by atoms with E-state index >= 15 is 0 Å². The lowest BCUT2D eigenvalue weighted by Gasteiger charge is -2.12. The number of sulfonamides is 1. The maximum atomic E-state index is 12.0. The van der Waals surface area contributed by atoms with E-state index in [0.717, 1.165) is 9.87 Å². The standard InChI is InChI=1S/C17H20N2O4S/c1-19(2)24(21,22)16-10-8-15(9-11-16)23-13-17(20)18-12-14-6-4-3-5-7-14/h3-11H,12-13H2,1-2H3,(H,18,20). The highest BCUT2D eigenvalue weighted by molar-refractivity contribution is 7.89. The Morgan fingerprint density at radius 1 is 1.04 bits per heavy atom. The molecule has 0 radical (unpaired) electrons. The maximum Gasteiger partial charge on any atom is 0.258 e. The first-order chi connectivity index (χ1) is 11.4. The molecule has 0 spiro atoms. The first-order valence-corrected chi connectivity index (χ1v) is 8.79. The number of amides is 1. The zero-order valence-corrected chi connectivity index (χ0v) is 14.4. The van der Waals surface area contributed by atoms with Gasteiger partial charge >= 0.3 is 0 Å². The number of hydrogen-bond acceptors (Lipinski definition) is 4. The van der Waals surface area contributed by atoms with Gasteiger partial charge in [-0.25, -0.2) is 12.7 Å². The number of ether oxygens (including phenoxy) is 1. The Labute approximate surface area is 142 Å². The molecule has 1 N–H and O–H groups in total. The Hall–Kier alpha value is -2.38. The van der Waals surface area contributed by atoms with E-state index in [1.807, 2.05) is 30.3 Å². The molecule has 0 unspecified atom stereocenters. The van der Waals surface area contributed by atoms with Gasteiger partial charge in [-0.2, -0.15) is 0 Å². The first kappa shape index (κ1) is 18.0. The highest BCUT2D eigenvalue weighted by atomic mass is 32.2. The van der Waals surface area contributed by atoms with Crippen LogP contribution in [0.4, 0.5) is 0 Å². The molecule has 24 heavy (non-hydrogen) atoms. The van der Waals surface area contributed by atoms with E-state index in [9.17, 15) is 13.2 Å². The number of nitrogens with zero attached hydrogens (tertiary/aromatic N) is 1. The molecule has 128 valence electrons. The molecule has 0 saturated heterocycles. The van der Waals surface area contributed by atoms with Gasteiger partial charge in [0.2, 0.25) is 10.0 Å². The van der Waals surface area contributed by atoms with Crippen molar-refractivity contribution in [1.82, 2.24) is 9.62 Å². The highest BCUT2D eigenvalue weighted by Crippen LogP contribution is 2.17. The van der Waals surface area contributed by atoms with E-state index < -0.39 is 10.0 Å². The van der Waals surface area contributed by atoms with Crippen LogP contribution in [0, 0.1) is 0 Å². The van der Waals surface area contributed by atoms with Gasteiger partial charge < -0.3 is 10.1 Å². The van der Waals surface area contributed by atoms with Crippen LogP contribution >= 0.6 is 0 Å². The monoisotopic (exact) mass is 348 g/mol.